The maximum absolute atomic E-state index is 13.1. The topological polar surface area (TPSA) is 71.7 Å². The van der Waals surface area contributed by atoms with Crippen LogP contribution in [0.4, 0.5) is 0 Å². The van der Waals surface area contributed by atoms with E-state index in [1.165, 1.54) is 21.2 Å². The van der Waals surface area contributed by atoms with Gasteiger partial charge in [0.05, 0.1) is 16.8 Å². The predicted molar refractivity (Wildman–Crippen MR) is 120 cm³/mol. The van der Waals surface area contributed by atoms with E-state index in [4.69, 9.17) is 6.42 Å². The zero-order valence-corrected chi connectivity index (χ0v) is 18.9. The number of hydrogen-bond acceptors (Lipinski definition) is 5. The number of aromatic nitrogens is 1. The van der Waals surface area contributed by atoms with E-state index in [1.54, 1.807) is 17.5 Å². The minimum Gasteiger partial charge on any atom is -0.305 e. The van der Waals surface area contributed by atoms with Crippen molar-refractivity contribution in [2.24, 2.45) is 4.99 Å². The molecule has 0 bridgehead atoms. The van der Waals surface area contributed by atoms with Crippen LogP contribution in [-0.4, -0.2) is 35.8 Å². The molecule has 1 aliphatic heterocycles. The van der Waals surface area contributed by atoms with Gasteiger partial charge in [0.2, 0.25) is 0 Å². The van der Waals surface area contributed by atoms with Crippen molar-refractivity contribution in [1.29, 1.82) is 0 Å². The zero-order valence-electron chi connectivity index (χ0n) is 16.4. The van der Waals surface area contributed by atoms with Crippen LogP contribution in [0.15, 0.2) is 44.9 Å². The fourth-order valence-corrected chi connectivity index (χ4v) is 7.51. The molecule has 4 rings (SSSR count). The van der Waals surface area contributed by atoms with Gasteiger partial charge < -0.3 is 4.57 Å². The number of thiophene rings is 1. The van der Waals surface area contributed by atoms with E-state index in [-0.39, 0.29) is 4.21 Å². The summed E-state index contributed by atoms with van der Waals surface area (Å²) in [4.78, 5) is 17.9. The number of fused-ring (bicyclic) bond motifs is 1. The second-order valence-electron chi connectivity index (χ2n) is 6.99. The summed E-state index contributed by atoms with van der Waals surface area (Å²) in [6.07, 6.45) is 7.55. The number of carbonyl (C=O) groups excluding carboxylic acids is 1. The van der Waals surface area contributed by atoms with Crippen LogP contribution in [0.25, 0.3) is 10.2 Å². The van der Waals surface area contributed by atoms with Gasteiger partial charge in [-0.15, -0.1) is 17.8 Å². The zero-order chi connectivity index (χ0) is 21.3. The summed E-state index contributed by atoms with van der Waals surface area (Å²) in [5.74, 6) is 2.18. The van der Waals surface area contributed by atoms with Gasteiger partial charge in [-0.3, -0.25) is 4.79 Å². The normalized spacial score (nSPS) is 18.1. The third-order valence-corrected chi connectivity index (χ3v) is 9.48. The molecule has 0 spiro atoms. The Kier molecular flexibility index (Phi) is 5.93. The van der Waals surface area contributed by atoms with E-state index in [1.807, 2.05) is 16.7 Å². The molecule has 1 unspecified atom stereocenters. The SMILES string of the molecule is C#CCn1c(=NC(=O)C2CCCN2S(=O)(=O)c2cccs2)sc2cc(CC)ccc21. The number of amides is 1. The molecule has 1 fully saturated rings. The number of thiazole rings is 1. The number of hydrogen-bond donors (Lipinski definition) is 0. The maximum atomic E-state index is 13.1. The molecule has 0 radical (unpaired) electrons. The Hall–Kier alpha value is -2.25. The number of carbonyl (C=O) groups is 1. The maximum Gasteiger partial charge on any atom is 0.266 e. The molecule has 9 heteroatoms. The lowest BCUT2D eigenvalue weighted by molar-refractivity contribution is -0.121. The minimum absolute atomic E-state index is 0.249. The lowest BCUT2D eigenvalue weighted by Gasteiger charge is -2.20. The van der Waals surface area contributed by atoms with Crippen molar-refractivity contribution >= 4 is 48.8 Å². The smallest absolute Gasteiger partial charge is 0.266 e. The fraction of sp³-hybridized carbons (Fsp3) is 0.333. The number of sulfonamides is 1. The van der Waals surface area contributed by atoms with Crippen molar-refractivity contribution in [1.82, 2.24) is 8.87 Å². The van der Waals surface area contributed by atoms with Gasteiger partial charge in [-0.05, 0) is 48.4 Å². The van der Waals surface area contributed by atoms with E-state index in [2.05, 4.69) is 23.9 Å². The van der Waals surface area contributed by atoms with Crippen LogP contribution >= 0.6 is 22.7 Å². The van der Waals surface area contributed by atoms with Crippen molar-refractivity contribution in [2.75, 3.05) is 6.54 Å². The molecule has 1 aromatic carbocycles. The first kappa shape index (κ1) is 21.0. The average Bonchev–Trinajstić information content (AvgIpc) is 3.48. The standard InChI is InChI=1S/C21H21N3O3S3/c1-3-11-23-16-10-9-15(4-2)14-18(16)29-21(23)22-20(25)17-7-5-12-24(17)30(26,27)19-8-6-13-28-19/h1,6,8-10,13-14,17H,4-5,7,11-12H2,2H3. The molecule has 0 aliphatic carbocycles. The third-order valence-electron chi connectivity index (χ3n) is 5.16. The van der Waals surface area contributed by atoms with Gasteiger partial charge >= 0.3 is 0 Å². The molecular weight excluding hydrogens is 438 g/mol. The molecule has 1 aliphatic rings. The predicted octanol–water partition coefficient (Wildman–Crippen LogP) is 3.24. The van der Waals surface area contributed by atoms with Crippen LogP contribution in [0, 0.1) is 12.3 Å². The third kappa shape index (κ3) is 3.76. The minimum atomic E-state index is -3.70. The first-order valence-electron chi connectivity index (χ1n) is 9.65. The summed E-state index contributed by atoms with van der Waals surface area (Å²) < 4.78 is 30.3. The molecule has 1 saturated heterocycles. The molecular formula is C21H21N3O3S3. The van der Waals surface area contributed by atoms with Crippen molar-refractivity contribution < 1.29 is 13.2 Å². The summed E-state index contributed by atoms with van der Waals surface area (Å²) in [6, 6.07) is 8.59. The van der Waals surface area contributed by atoms with E-state index in [9.17, 15) is 13.2 Å². The van der Waals surface area contributed by atoms with Gasteiger partial charge in [-0.2, -0.15) is 9.30 Å². The number of rotatable bonds is 5. The molecule has 3 aromatic rings. The lowest BCUT2D eigenvalue weighted by Crippen LogP contribution is -2.40. The Balaban J connectivity index is 1.74. The van der Waals surface area contributed by atoms with Crippen LogP contribution in [0.3, 0.4) is 0 Å². The Morgan fingerprint density at radius 1 is 1.37 bits per heavy atom. The summed E-state index contributed by atoms with van der Waals surface area (Å²) in [5, 5.41) is 1.72. The highest BCUT2D eigenvalue weighted by atomic mass is 32.2. The second-order valence-corrected chi connectivity index (χ2v) is 11.1. The Morgan fingerprint density at radius 2 is 2.20 bits per heavy atom. The summed E-state index contributed by atoms with van der Waals surface area (Å²) >= 11 is 2.56. The molecule has 156 valence electrons. The van der Waals surface area contributed by atoms with E-state index in [0.717, 1.165) is 28.0 Å². The van der Waals surface area contributed by atoms with Crippen LogP contribution in [-0.2, 0) is 27.8 Å². The van der Waals surface area contributed by atoms with Crippen LogP contribution in [0.1, 0.15) is 25.3 Å². The second kappa shape index (κ2) is 8.47. The van der Waals surface area contributed by atoms with Gasteiger partial charge in [0.1, 0.15) is 10.3 Å². The number of benzene rings is 1. The summed E-state index contributed by atoms with van der Waals surface area (Å²) in [5.41, 5.74) is 2.12. The van der Waals surface area contributed by atoms with Gasteiger partial charge in [-0.1, -0.05) is 36.3 Å². The van der Waals surface area contributed by atoms with E-state index in [0.29, 0.717) is 30.7 Å². The van der Waals surface area contributed by atoms with Crippen molar-refractivity contribution in [3.05, 3.63) is 46.1 Å². The van der Waals surface area contributed by atoms with Crippen molar-refractivity contribution in [3.8, 4) is 12.3 Å². The molecule has 30 heavy (non-hydrogen) atoms. The summed E-state index contributed by atoms with van der Waals surface area (Å²) in [7, 11) is -3.70. The first-order valence-corrected chi connectivity index (χ1v) is 12.8. The fourth-order valence-electron chi connectivity index (χ4n) is 3.64. The molecule has 0 saturated carbocycles. The monoisotopic (exact) mass is 459 g/mol. The number of aryl methyl sites for hydroxylation is 1. The van der Waals surface area contributed by atoms with Crippen molar-refractivity contribution in [3.63, 3.8) is 0 Å². The van der Waals surface area contributed by atoms with E-state index >= 15 is 0 Å². The Bertz CT molecular complexity index is 1290. The van der Waals surface area contributed by atoms with Crippen LogP contribution < -0.4 is 4.80 Å². The molecule has 1 atom stereocenters. The van der Waals surface area contributed by atoms with Gasteiger partial charge in [0.15, 0.2) is 4.80 Å². The number of nitrogens with zero attached hydrogens (tertiary/aromatic N) is 3. The molecule has 1 amide bonds. The Morgan fingerprint density at radius 3 is 2.90 bits per heavy atom. The highest BCUT2D eigenvalue weighted by Gasteiger charge is 2.39. The van der Waals surface area contributed by atoms with Gasteiger partial charge in [-0.25, -0.2) is 8.42 Å². The van der Waals surface area contributed by atoms with Crippen LogP contribution in [0.2, 0.25) is 0 Å². The molecule has 0 N–H and O–H groups in total. The largest absolute Gasteiger partial charge is 0.305 e. The molecule has 2 aromatic heterocycles. The Labute approximate surface area is 183 Å². The van der Waals surface area contributed by atoms with Crippen LogP contribution in [0.5, 0.6) is 0 Å². The molecule has 6 nitrogen and oxygen atoms in total. The first-order chi connectivity index (χ1) is 14.5. The highest BCUT2D eigenvalue weighted by molar-refractivity contribution is 7.91. The summed E-state index contributed by atoms with van der Waals surface area (Å²) in [6.45, 7) is 2.70. The number of terminal acetylenes is 1. The highest BCUT2D eigenvalue weighted by Crippen LogP contribution is 2.29. The van der Waals surface area contributed by atoms with Gasteiger partial charge in [0.25, 0.3) is 15.9 Å². The molecule has 3 heterocycles. The van der Waals surface area contributed by atoms with Crippen molar-refractivity contribution in [2.45, 2.75) is 43.0 Å². The van der Waals surface area contributed by atoms with E-state index < -0.39 is 22.0 Å². The lowest BCUT2D eigenvalue weighted by atomic mass is 10.2. The average molecular weight is 460 g/mol. The van der Waals surface area contributed by atoms with Gasteiger partial charge in [0, 0.05) is 6.54 Å². The quantitative estimate of drug-likeness (QED) is 0.550.